The topological polar surface area (TPSA) is 123 Å². The van der Waals surface area contributed by atoms with E-state index in [9.17, 15) is 31.2 Å². The summed E-state index contributed by atoms with van der Waals surface area (Å²) in [6.07, 6.45) is -4.16. The number of fused-ring (bicyclic) bond motifs is 1. The number of alkyl halides is 3. The number of anilines is 1. The van der Waals surface area contributed by atoms with Crippen molar-refractivity contribution in [3.63, 3.8) is 0 Å². The van der Waals surface area contributed by atoms with Gasteiger partial charge in [0.15, 0.2) is 5.03 Å². The van der Waals surface area contributed by atoms with Crippen molar-refractivity contribution in [3.05, 3.63) is 36.3 Å². The number of hydrogen-bond acceptors (Lipinski definition) is 7. The number of likely N-dealkylation sites (N-methyl/N-ethyl adjacent to an activating group) is 1. The van der Waals surface area contributed by atoms with Crippen molar-refractivity contribution in [1.82, 2.24) is 18.8 Å². The molecule has 0 saturated heterocycles. The van der Waals surface area contributed by atoms with E-state index in [1.54, 1.807) is 20.9 Å². The lowest BCUT2D eigenvalue weighted by molar-refractivity contribution is -0.150. The number of amides is 2. The summed E-state index contributed by atoms with van der Waals surface area (Å²) in [5.74, 6) is -2.09. The van der Waals surface area contributed by atoms with Crippen molar-refractivity contribution in [2.75, 3.05) is 39.2 Å². The molecule has 0 aliphatic carbocycles. The van der Waals surface area contributed by atoms with Gasteiger partial charge in [-0.05, 0) is 31.0 Å². The molecule has 2 heterocycles. The van der Waals surface area contributed by atoms with E-state index in [2.05, 4.69) is 10.3 Å². The summed E-state index contributed by atoms with van der Waals surface area (Å²) in [5.41, 5.74) is -0.0405. The summed E-state index contributed by atoms with van der Waals surface area (Å²) in [7, 11) is 0.587. The predicted molar refractivity (Wildman–Crippen MR) is 135 cm³/mol. The number of benzene rings is 1. The number of nitrogens with one attached hydrogen (secondary N) is 1. The molecule has 15 heteroatoms. The van der Waals surface area contributed by atoms with E-state index < -0.39 is 46.6 Å². The Balaban J connectivity index is 1.99. The van der Waals surface area contributed by atoms with Crippen LogP contribution < -0.4 is 10.1 Å². The van der Waals surface area contributed by atoms with Crippen LogP contribution in [-0.4, -0.2) is 91.2 Å². The summed E-state index contributed by atoms with van der Waals surface area (Å²) < 4.78 is 79.2. The van der Waals surface area contributed by atoms with Gasteiger partial charge in [0.2, 0.25) is 5.91 Å². The number of aryl methyl sites for hydroxylation is 1. The monoisotopic (exact) mass is 575 g/mol. The lowest BCUT2D eigenvalue weighted by Gasteiger charge is -2.35. The number of rotatable bonds is 5. The molecule has 3 rings (SSSR count). The van der Waals surface area contributed by atoms with E-state index in [0.29, 0.717) is 0 Å². The maximum atomic E-state index is 13.5. The van der Waals surface area contributed by atoms with Crippen molar-refractivity contribution in [2.45, 2.75) is 43.6 Å². The number of ether oxygens (including phenoxy) is 2. The van der Waals surface area contributed by atoms with Gasteiger partial charge >= 0.3 is 6.18 Å². The van der Waals surface area contributed by atoms with Crippen LogP contribution in [0, 0.1) is 5.92 Å². The molecule has 0 bridgehead atoms. The van der Waals surface area contributed by atoms with Gasteiger partial charge in [-0.1, -0.05) is 6.92 Å². The van der Waals surface area contributed by atoms with E-state index in [0.717, 1.165) is 0 Å². The number of hydrogen-bond donors (Lipinski definition) is 1. The first-order chi connectivity index (χ1) is 18.1. The van der Waals surface area contributed by atoms with Gasteiger partial charge in [-0.2, -0.15) is 17.5 Å². The van der Waals surface area contributed by atoms with E-state index in [4.69, 9.17) is 9.47 Å². The van der Waals surface area contributed by atoms with Gasteiger partial charge in [0.05, 0.1) is 24.0 Å². The summed E-state index contributed by atoms with van der Waals surface area (Å²) >= 11 is 0. The zero-order valence-corrected chi connectivity index (χ0v) is 23.0. The molecular weight excluding hydrogens is 543 g/mol. The second-order valence-corrected chi connectivity index (χ2v) is 11.4. The maximum absolute atomic E-state index is 13.5. The highest BCUT2D eigenvalue weighted by Crippen LogP contribution is 2.28. The van der Waals surface area contributed by atoms with Crippen LogP contribution in [0.1, 0.15) is 30.6 Å². The quantitative estimate of drug-likeness (QED) is 0.581. The largest absolute Gasteiger partial charge is 0.491 e. The summed E-state index contributed by atoms with van der Waals surface area (Å²) in [4.78, 5) is 30.5. The van der Waals surface area contributed by atoms with Crippen LogP contribution in [0.3, 0.4) is 0 Å². The van der Waals surface area contributed by atoms with Crippen molar-refractivity contribution in [1.29, 1.82) is 0 Å². The average molecular weight is 576 g/mol. The Kier molecular flexibility index (Phi) is 9.28. The normalized spacial score (nSPS) is 21.9. The van der Waals surface area contributed by atoms with E-state index >= 15 is 0 Å². The Bertz CT molecular complexity index is 1300. The lowest BCUT2D eigenvalue weighted by atomic mass is 10.0. The zero-order valence-electron chi connectivity index (χ0n) is 22.2. The third kappa shape index (κ3) is 7.48. The molecule has 2 amide bonds. The van der Waals surface area contributed by atoms with Gasteiger partial charge in [-0.25, -0.2) is 13.4 Å². The van der Waals surface area contributed by atoms with Gasteiger partial charge < -0.3 is 24.3 Å². The highest BCUT2D eigenvalue weighted by Gasteiger charge is 2.36. The van der Waals surface area contributed by atoms with Gasteiger partial charge in [-0.3, -0.25) is 9.59 Å². The minimum atomic E-state index is -4.69. The number of imidazole rings is 1. The molecule has 11 nitrogen and oxygen atoms in total. The van der Waals surface area contributed by atoms with Crippen LogP contribution in [0.4, 0.5) is 18.9 Å². The van der Waals surface area contributed by atoms with E-state index in [1.165, 1.54) is 58.7 Å². The Morgan fingerprint density at radius 3 is 2.51 bits per heavy atom. The summed E-state index contributed by atoms with van der Waals surface area (Å²) in [6, 6.07) is 3.17. The first kappa shape index (κ1) is 30.4. The van der Waals surface area contributed by atoms with Crippen LogP contribution in [-0.2, 0) is 26.6 Å². The number of halogens is 3. The third-order valence-corrected chi connectivity index (χ3v) is 8.15. The smallest absolute Gasteiger partial charge is 0.397 e. The van der Waals surface area contributed by atoms with Crippen molar-refractivity contribution in [2.24, 2.45) is 13.0 Å². The average Bonchev–Trinajstić information content (AvgIpc) is 3.29. The molecule has 1 N–H and O–H groups in total. The molecule has 39 heavy (non-hydrogen) atoms. The molecule has 0 unspecified atom stereocenters. The first-order valence-electron chi connectivity index (χ1n) is 12.0. The van der Waals surface area contributed by atoms with Gasteiger partial charge in [0.1, 0.15) is 18.8 Å². The number of carbonyl (C=O) groups excluding carboxylic acids is 2. The van der Waals surface area contributed by atoms with E-state index in [1.807, 2.05) is 0 Å². The molecular formula is C24H32F3N5O6S. The molecule has 1 aromatic heterocycles. The lowest BCUT2D eigenvalue weighted by Crippen LogP contribution is -2.48. The zero-order chi connectivity index (χ0) is 29.1. The Labute approximate surface area is 224 Å². The highest BCUT2D eigenvalue weighted by atomic mass is 32.2. The van der Waals surface area contributed by atoms with Crippen molar-refractivity contribution < 1.29 is 40.7 Å². The highest BCUT2D eigenvalue weighted by molar-refractivity contribution is 7.89. The van der Waals surface area contributed by atoms with Crippen molar-refractivity contribution in [3.8, 4) is 5.75 Å². The van der Waals surface area contributed by atoms with Gasteiger partial charge in [0.25, 0.3) is 15.9 Å². The van der Waals surface area contributed by atoms with Crippen LogP contribution in [0.25, 0.3) is 0 Å². The third-order valence-electron chi connectivity index (χ3n) is 6.29. The number of sulfonamides is 1. The molecule has 0 radical (unpaired) electrons. The van der Waals surface area contributed by atoms with Crippen molar-refractivity contribution >= 4 is 27.5 Å². The second kappa shape index (κ2) is 11.9. The van der Waals surface area contributed by atoms with Crippen LogP contribution in [0.15, 0.2) is 35.7 Å². The minimum Gasteiger partial charge on any atom is -0.491 e. The fourth-order valence-electron chi connectivity index (χ4n) is 4.19. The van der Waals surface area contributed by atoms with Crippen LogP contribution in [0.2, 0.25) is 0 Å². The Morgan fingerprint density at radius 2 is 1.92 bits per heavy atom. The van der Waals surface area contributed by atoms with Crippen LogP contribution >= 0.6 is 0 Å². The molecule has 1 aliphatic heterocycles. The van der Waals surface area contributed by atoms with Gasteiger partial charge in [0, 0.05) is 46.2 Å². The molecule has 1 aromatic carbocycles. The maximum Gasteiger partial charge on any atom is 0.397 e. The first-order valence-corrected chi connectivity index (χ1v) is 13.5. The SMILES string of the molecule is CO[C@@H]1CN(C)C(=O)c2cc(NC(=O)CC(F)(F)F)ccc2OC[C@@H](C)N(S(=O)(=O)c2cn(C)cn2)C[C@H]1C. The second-order valence-electron chi connectivity index (χ2n) is 9.60. The molecule has 2 aromatic rings. The molecule has 0 spiro atoms. The molecule has 216 valence electrons. The number of carbonyl (C=O) groups is 2. The Morgan fingerprint density at radius 1 is 1.23 bits per heavy atom. The molecule has 1 aliphatic rings. The minimum absolute atomic E-state index is 0.0169. The summed E-state index contributed by atoms with van der Waals surface area (Å²) in [6.45, 7) is 3.43. The number of nitrogens with zero attached hydrogens (tertiary/aromatic N) is 4. The number of aromatic nitrogens is 2. The van der Waals surface area contributed by atoms with E-state index in [-0.39, 0.29) is 47.6 Å². The fourth-order valence-corrected chi connectivity index (χ4v) is 5.87. The number of methoxy groups -OCH3 is 1. The summed E-state index contributed by atoms with van der Waals surface area (Å²) in [5, 5.41) is 2.02. The molecule has 0 saturated carbocycles. The predicted octanol–water partition coefficient (Wildman–Crippen LogP) is 2.51. The van der Waals surface area contributed by atoms with Gasteiger partial charge in [-0.15, -0.1) is 0 Å². The molecule has 0 fully saturated rings. The fraction of sp³-hybridized carbons (Fsp3) is 0.542. The Hall–Kier alpha value is -3.17. The van der Waals surface area contributed by atoms with Crippen LogP contribution in [0.5, 0.6) is 5.75 Å². The molecule has 3 atom stereocenters. The standard InChI is InChI=1S/C24H32F3N5O6S/c1-15-10-32(39(35,36)22-12-30(3)14-28-22)16(2)13-38-19-7-6-17(29-21(33)9-24(25,26)27)8-18(19)23(34)31(4)11-20(15)37-5/h6-8,12,14-16,20H,9-11,13H2,1-5H3,(H,29,33)/t15-,16-,20-/m1/s1.